The third kappa shape index (κ3) is 4.71. The summed E-state index contributed by atoms with van der Waals surface area (Å²) in [7, 11) is 1.94. The first-order valence-electron chi connectivity index (χ1n) is 15.6. The quantitative estimate of drug-likeness (QED) is 0.406. The number of carbonyl (C=O) groups excluding carboxylic acids is 3. The fourth-order valence-corrected chi connectivity index (χ4v) is 8.77. The van der Waals surface area contributed by atoms with Crippen LogP contribution in [0.2, 0.25) is 0 Å². The summed E-state index contributed by atoms with van der Waals surface area (Å²) >= 11 is 0. The van der Waals surface area contributed by atoms with Crippen LogP contribution in [0.3, 0.4) is 0 Å². The van der Waals surface area contributed by atoms with Crippen LogP contribution in [-0.2, 0) is 23.8 Å². The highest BCUT2D eigenvalue weighted by Crippen LogP contribution is 2.72. The Bertz CT molecular complexity index is 1210. The summed E-state index contributed by atoms with van der Waals surface area (Å²) in [5, 5.41) is 14.3. The molecule has 11 heteroatoms. The number of aliphatic hydroxyl groups excluding tert-OH is 1. The summed E-state index contributed by atoms with van der Waals surface area (Å²) in [6.45, 7) is 9.71. The molecule has 1 aliphatic heterocycles. The number of Topliss-reactive ketones (excluding diaryl/α,β-unsaturated/α-hetero) is 1. The van der Waals surface area contributed by atoms with Crippen molar-refractivity contribution in [3.8, 4) is 0 Å². The molecule has 3 saturated carbocycles. The summed E-state index contributed by atoms with van der Waals surface area (Å²) < 4.78 is 51.4. The van der Waals surface area contributed by atoms with Gasteiger partial charge >= 0.3 is 6.09 Å². The van der Waals surface area contributed by atoms with Gasteiger partial charge in [-0.1, -0.05) is 26.3 Å². The van der Waals surface area contributed by atoms with Gasteiger partial charge in [-0.25, -0.2) is 13.6 Å². The Balaban J connectivity index is 1.42. The Morgan fingerprint density at radius 1 is 1.26 bits per heavy atom. The minimum atomic E-state index is -2.28. The van der Waals surface area contributed by atoms with E-state index in [2.05, 4.69) is 10.2 Å². The van der Waals surface area contributed by atoms with Gasteiger partial charge in [-0.3, -0.25) is 9.59 Å². The fourth-order valence-electron chi connectivity index (χ4n) is 8.77. The molecule has 0 radical (unpaired) electrons. The number of amides is 1. The number of aliphatic hydroxyl groups is 1. The SMILES string of the molecule is CCCC1O[C@@H]2C[C@H]3[C@@H]4C[C@H](F)C5=CC(=O)C=C[C@]5(C)[C@@]4(F)[C@@H](O)C[C@]3(C)[C@]2(C(=O)COC(=O)NCCN(C)C(C)C)O1. The number of ether oxygens (including phenoxy) is 3. The first-order chi connectivity index (χ1) is 20.2. The second kappa shape index (κ2) is 11.3. The Hall–Kier alpha value is -2.21. The zero-order valence-corrected chi connectivity index (χ0v) is 26.0. The molecule has 1 saturated heterocycles. The molecule has 5 rings (SSSR count). The molecule has 0 aromatic carbocycles. The van der Waals surface area contributed by atoms with Crippen molar-refractivity contribution >= 4 is 17.7 Å². The number of fused-ring (bicyclic) bond motifs is 7. The molecule has 9 nitrogen and oxygen atoms in total. The number of carbonyl (C=O) groups is 3. The minimum Gasteiger partial charge on any atom is -0.441 e. The maximum atomic E-state index is 17.6. The number of allylic oxidation sites excluding steroid dienone is 4. The van der Waals surface area contributed by atoms with E-state index < -0.39 is 82.9 Å². The standard InChI is InChI=1S/C32H46F2N2O7/c1-7-8-27-42-26-15-20-21-14-23(33)22-13-19(37)9-10-29(22,4)31(21,34)24(38)16-30(20,5)32(26,43-27)25(39)17-41-28(40)35-11-12-36(6)18(2)3/h9-10,13,18,20-21,23-24,26-27,38H,7-8,11-12,14-17H2,1-6H3,(H,35,40)/t20-,21-,23-,24-,26+,27?,29-,30-,31-,32+/m0/s1. The molecule has 1 unspecified atom stereocenters. The molecule has 10 atom stereocenters. The average Bonchev–Trinajstić information content (AvgIpc) is 3.42. The van der Waals surface area contributed by atoms with Crippen LogP contribution in [0.1, 0.15) is 66.7 Å². The van der Waals surface area contributed by atoms with Gasteiger partial charge in [-0.05, 0) is 77.1 Å². The van der Waals surface area contributed by atoms with Gasteiger partial charge in [0.15, 0.2) is 29.9 Å². The number of nitrogens with zero attached hydrogens (tertiary/aromatic N) is 1. The van der Waals surface area contributed by atoms with Gasteiger partial charge in [0.1, 0.15) is 6.17 Å². The molecule has 0 spiro atoms. The highest BCUT2D eigenvalue weighted by atomic mass is 19.1. The smallest absolute Gasteiger partial charge is 0.407 e. The average molecular weight is 609 g/mol. The lowest BCUT2D eigenvalue weighted by Crippen LogP contribution is -2.71. The van der Waals surface area contributed by atoms with Crippen molar-refractivity contribution in [2.45, 2.75) is 109 Å². The first kappa shape index (κ1) is 32.2. The van der Waals surface area contributed by atoms with E-state index in [1.165, 1.54) is 12.2 Å². The number of hydrogen-bond acceptors (Lipinski definition) is 8. The predicted molar refractivity (Wildman–Crippen MR) is 154 cm³/mol. The normalized spacial score (nSPS) is 43.1. The number of likely N-dealkylation sites (N-methyl/N-ethyl adjacent to an activating group) is 1. The molecule has 2 N–H and O–H groups in total. The lowest BCUT2D eigenvalue weighted by molar-refractivity contribution is -0.234. The maximum Gasteiger partial charge on any atom is 0.407 e. The number of nitrogens with one attached hydrogen (secondary N) is 1. The van der Waals surface area contributed by atoms with Crippen molar-refractivity contribution in [3.63, 3.8) is 0 Å². The summed E-state index contributed by atoms with van der Waals surface area (Å²) in [5.41, 5.74) is -6.52. The number of hydrogen-bond donors (Lipinski definition) is 2. The fraction of sp³-hybridized carbons (Fsp3) is 0.781. The van der Waals surface area contributed by atoms with Gasteiger partial charge in [0, 0.05) is 35.9 Å². The second-order valence-electron chi connectivity index (χ2n) is 13.8. The summed E-state index contributed by atoms with van der Waals surface area (Å²) in [6.07, 6.45) is -0.521. The molecule has 1 amide bonds. The van der Waals surface area contributed by atoms with Crippen LogP contribution in [0, 0.1) is 22.7 Å². The van der Waals surface area contributed by atoms with E-state index in [1.807, 2.05) is 27.8 Å². The molecule has 4 aliphatic carbocycles. The van der Waals surface area contributed by atoms with Crippen LogP contribution in [0.25, 0.3) is 0 Å². The van der Waals surface area contributed by atoms with Crippen LogP contribution in [0.4, 0.5) is 13.6 Å². The number of ketones is 2. The third-order valence-electron chi connectivity index (χ3n) is 11.3. The van der Waals surface area contributed by atoms with E-state index in [4.69, 9.17) is 14.2 Å². The first-order valence-corrected chi connectivity index (χ1v) is 15.6. The monoisotopic (exact) mass is 608 g/mol. The Morgan fingerprint density at radius 3 is 2.65 bits per heavy atom. The van der Waals surface area contributed by atoms with Gasteiger partial charge in [0.05, 0.1) is 12.2 Å². The van der Waals surface area contributed by atoms with Crippen molar-refractivity contribution in [2.24, 2.45) is 22.7 Å². The summed E-state index contributed by atoms with van der Waals surface area (Å²) in [4.78, 5) is 40.8. The Labute approximate surface area is 252 Å². The van der Waals surface area contributed by atoms with Gasteiger partial charge in [-0.2, -0.15) is 0 Å². The highest BCUT2D eigenvalue weighted by Gasteiger charge is 2.80. The largest absolute Gasteiger partial charge is 0.441 e. The number of halogens is 2. The van der Waals surface area contributed by atoms with E-state index in [0.29, 0.717) is 25.6 Å². The Morgan fingerprint density at radius 2 is 1.98 bits per heavy atom. The molecular formula is C32H46F2N2O7. The van der Waals surface area contributed by atoms with Crippen molar-refractivity contribution in [3.05, 3.63) is 23.8 Å². The van der Waals surface area contributed by atoms with E-state index in [0.717, 1.165) is 12.5 Å². The molecule has 5 aliphatic rings. The third-order valence-corrected chi connectivity index (χ3v) is 11.3. The van der Waals surface area contributed by atoms with E-state index >= 15 is 8.78 Å². The molecule has 1 heterocycles. The molecule has 0 bridgehead atoms. The second-order valence-corrected chi connectivity index (χ2v) is 13.8. The molecule has 0 aromatic heterocycles. The lowest BCUT2D eigenvalue weighted by Gasteiger charge is -2.63. The van der Waals surface area contributed by atoms with E-state index in [9.17, 15) is 19.5 Å². The number of alkyl carbamates (subject to hydrolysis) is 1. The lowest BCUT2D eigenvalue weighted by atomic mass is 9.44. The minimum absolute atomic E-state index is 0.0416. The van der Waals surface area contributed by atoms with Crippen molar-refractivity contribution in [1.82, 2.24) is 10.2 Å². The topological polar surface area (TPSA) is 114 Å². The predicted octanol–water partition coefficient (Wildman–Crippen LogP) is 3.83. The Kier molecular flexibility index (Phi) is 8.46. The van der Waals surface area contributed by atoms with E-state index in [1.54, 1.807) is 13.8 Å². The van der Waals surface area contributed by atoms with Gasteiger partial charge in [-0.15, -0.1) is 0 Å². The van der Waals surface area contributed by atoms with Crippen LogP contribution in [0.15, 0.2) is 23.8 Å². The van der Waals surface area contributed by atoms with Crippen LogP contribution in [-0.4, -0.2) is 96.4 Å². The number of rotatable bonds is 9. The van der Waals surface area contributed by atoms with Crippen molar-refractivity contribution in [1.29, 1.82) is 0 Å². The van der Waals surface area contributed by atoms with Crippen molar-refractivity contribution in [2.75, 3.05) is 26.7 Å². The molecule has 4 fully saturated rings. The molecule has 240 valence electrons. The zero-order chi connectivity index (χ0) is 31.5. The van der Waals surface area contributed by atoms with E-state index in [-0.39, 0.29) is 24.8 Å². The maximum absolute atomic E-state index is 17.6. The highest BCUT2D eigenvalue weighted by molar-refractivity contribution is 6.01. The van der Waals surface area contributed by atoms with Gasteiger partial charge < -0.3 is 29.5 Å². The number of alkyl halides is 2. The zero-order valence-electron chi connectivity index (χ0n) is 26.0. The van der Waals surface area contributed by atoms with Crippen LogP contribution in [0.5, 0.6) is 0 Å². The molecular weight excluding hydrogens is 562 g/mol. The van der Waals surface area contributed by atoms with Gasteiger partial charge in [0.2, 0.25) is 5.78 Å². The van der Waals surface area contributed by atoms with Gasteiger partial charge in [0.25, 0.3) is 0 Å². The summed E-state index contributed by atoms with van der Waals surface area (Å²) in [6, 6.07) is 0.301. The summed E-state index contributed by atoms with van der Waals surface area (Å²) in [5.74, 6) is -2.49. The molecule has 43 heavy (non-hydrogen) atoms. The van der Waals surface area contributed by atoms with Crippen molar-refractivity contribution < 1.29 is 42.5 Å². The molecule has 0 aromatic rings. The van der Waals surface area contributed by atoms with Crippen LogP contribution >= 0.6 is 0 Å². The van der Waals surface area contributed by atoms with Crippen LogP contribution < -0.4 is 5.32 Å².